The van der Waals surface area contributed by atoms with E-state index in [1.807, 2.05) is 32.3 Å². The predicted molar refractivity (Wildman–Crippen MR) is 93.7 cm³/mol. The molecule has 0 bridgehead atoms. The Bertz CT molecular complexity index is 591. The maximum atomic E-state index is 4.20. The Kier molecular flexibility index (Phi) is 6.04. The zero-order valence-electron chi connectivity index (χ0n) is 13.8. The van der Waals surface area contributed by atoms with Crippen molar-refractivity contribution >= 4 is 5.57 Å². The monoisotopic (exact) mass is 282 g/mol. The maximum Gasteiger partial charge on any atom is 0.0526 e. The minimum absolute atomic E-state index is 1.02. The van der Waals surface area contributed by atoms with Crippen LogP contribution in [-0.2, 0) is 0 Å². The Morgan fingerprint density at radius 2 is 1.86 bits per heavy atom. The third-order valence-corrected chi connectivity index (χ3v) is 3.77. The summed E-state index contributed by atoms with van der Waals surface area (Å²) in [5, 5.41) is 3.15. The lowest BCUT2D eigenvalue weighted by Gasteiger charge is -2.23. The molecule has 0 saturated heterocycles. The van der Waals surface area contributed by atoms with Gasteiger partial charge in [0.2, 0.25) is 0 Å². The summed E-state index contributed by atoms with van der Waals surface area (Å²) in [6.45, 7) is 14.3. The van der Waals surface area contributed by atoms with Gasteiger partial charge >= 0.3 is 0 Å². The van der Waals surface area contributed by atoms with Gasteiger partial charge in [0.1, 0.15) is 0 Å². The molecule has 0 aromatic heterocycles. The van der Waals surface area contributed by atoms with E-state index in [0.717, 1.165) is 22.7 Å². The second kappa shape index (κ2) is 7.53. The minimum Gasteiger partial charge on any atom is -0.387 e. The molecule has 1 rings (SSSR count). The molecule has 0 aliphatic rings. The van der Waals surface area contributed by atoms with E-state index in [1.165, 1.54) is 11.1 Å². The number of nitrogens with zero attached hydrogens (tertiary/aromatic N) is 1. The molecule has 2 nitrogen and oxygen atoms in total. The van der Waals surface area contributed by atoms with E-state index in [1.54, 1.807) is 0 Å². The Morgan fingerprint density at radius 3 is 2.38 bits per heavy atom. The standard InChI is InChI=1S/C19H26N2/c1-8-19(20-6)17(5)21(7)16(4)13-15(3)18-12-10-9-11-14(18)2/h8-13,20H,1,3H2,2,4-7H3/b16-13-,19-17+. The van der Waals surface area contributed by atoms with Crippen LogP contribution in [0.5, 0.6) is 0 Å². The van der Waals surface area contributed by atoms with E-state index >= 15 is 0 Å². The smallest absolute Gasteiger partial charge is 0.0526 e. The molecule has 0 heterocycles. The van der Waals surface area contributed by atoms with Gasteiger partial charge in [-0.05, 0) is 49.6 Å². The average Bonchev–Trinajstić information content (AvgIpc) is 2.47. The lowest BCUT2D eigenvalue weighted by atomic mass is 10.0. The predicted octanol–water partition coefficient (Wildman–Crippen LogP) is 4.48. The first kappa shape index (κ1) is 16.8. The van der Waals surface area contributed by atoms with Crippen molar-refractivity contribution in [1.82, 2.24) is 10.2 Å². The number of hydrogen-bond donors (Lipinski definition) is 1. The first-order valence-corrected chi connectivity index (χ1v) is 7.10. The van der Waals surface area contributed by atoms with Gasteiger partial charge in [0.05, 0.1) is 5.70 Å². The fourth-order valence-corrected chi connectivity index (χ4v) is 2.24. The molecule has 0 radical (unpaired) electrons. The lowest BCUT2D eigenvalue weighted by molar-refractivity contribution is 0.512. The number of hydrogen-bond acceptors (Lipinski definition) is 2. The summed E-state index contributed by atoms with van der Waals surface area (Å²) in [7, 11) is 3.95. The van der Waals surface area contributed by atoms with Gasteiger partial charge < -0.3 is 10.2 Å². The molecule has 1 aromatic rings. The van der Waals surface area contributed by atoms with E-state index in [9.17, 15) is 0 Å². The van der Waals surface area contributed by atoms with Crippen LogP contribution >= 0.6 is 0 Å². The normalized spacial score (nSPS) is 12.5. The van der Waals surface area contributed by atoms with Crippen LogP contribution in [0.15, 0.2) is 66.7 Å². The van der Waals surface area contributed by atoms with Crippen molar-refractivity contribution < 1.29 is 0 Å². The number of likely N-dealkylation sites (N-methyl/N-ethyl adjacent to an activating group) is 1. The van der Waals surface area contributed by atoms with Gasteiger partial charge in [-0.3, -0.25) is 0 Å². The highest BCUT2D eigenvalue weighted by atomic mass is 15.1. The van der Waals surface area contributed by atoms with E-state index in [0.29, 0.717) is 0 Å². The van der Waals surface area contributed by atoms with Crippen LogP contribution in [0, 0.1) is 6.92 Å². The zero-order valence-corrected chi connectivity index (χ0v) is 13.8. The molecule has 0 unspecified atom stereocenters. The Labute approximate surface area is 129 Å². The molecule has 0 spiro atoms. The highest BCUT2D eigenvalue weighted by Gasteiger charge is 2.07. The van der Waals surface area contributed by atoms with Gasteiger partial charge in [0.25, 0.3) is 0 Å². The van der Waals surface area contributed by atoms with Gasteiger partial charge in [-0.25, -0.2) is 0 Å². The summed E-state index contributed by atoms with van der Waals surface area (Å²) >= 11 is 0. The van der Waals surface area contributed by atoms with Crippen LogP contribution in [0.2, 0.25) is 0 Å². The number of aryl methyl sites for hydroxylation is 1. The Morgan fingerprint density at radius 1 is 1.24 bits per heavy atom. The fourth-order valence-electron chi connectivity index (χ4n) is 2.24. The first-order valence-electron chi connectivity index (χ1n) is 7.10. The largest absolute Gasteiger partial charge is 0.387 e. The quantitative estimate of drug-likeness (QED) is 0.774. The summed E-state index contributed by atoms with van der Waals surface area (Å²) in [5.74, 6) is 0. The second-order valence-electron chi connectivity index (χ2n) is 5.14. The summed E-state index contributed by atoms with van der Waals surface area (Å²) in [4.78, 5) is 2.14. The van der Waals surface area contributed by atoms with Gasteiger partial charge in [-0.2, -0.15) is 0 Å². The molecule has 0 fully saturated rings. The van der Waals surface area contributed by atoms with Crippen LogP contribution in [-0.4, -0.2) is 19.0 Å². The summed E-state index contributed by atoms with van der Waals surface area (Å²) in [6, 6.07) is 8.30. The Hall–Kier alpha value is -2.22. The van der Waals surface area contributed by atoms with Gasteiger partial charge in [-0.1, -0.05) is 37.4 Å². The molecular formula is C19H26N2. The second-order valence-corrected chi connectivity index (χ2v) is 5.14. The molecule has 0 amide bonds. The molecule has 0 atom stereocenters. The molecule has 0 aliphatic carbocycles. The van der Waals surface area contributed by atoms with Crippen molar-refractivity contribution in [3.05, 3.63) is 77.8 Å². The zero-order chi connectivity index (χ0) is 16.0. The van der Waals surface area contributed by atoms with E-state index in [2.05, 4.69) is 62.4 Å². The van der Waals surface area contributed by atoms with Crippen molar-refractivity contribution in [3.63, 3.8) is 0 Å². The highest BCUT2D eigenvalue weighted by molar-refractivity contribution is 5.74. The average molecular weight is 282 g/mol. The fraction of sp³-hybridized carbons (Fsp3) is 0.263. The number of nitrogens with one attached hydrogen (secondary N) is 1. The SMILES string of the molecule is C=C/C(NC)=C(/C)N(C)/C(C)=C\C(=C)c1ccccc1C. The van der Waals surface area contributed by atoms with E-state index in [-0.39, 0.29) is 0 Å². The molecule has 112 valence electrons. The van der Waals surface area contributed by atoms with E-state index < -0.39 is 0 Å². The molecule has 0 aliphatic heterocycles. The lowest BCUT2D eigenvalue weighted by Crippen LogP contribution is -2.19. The van der Waals surface area contributed by atoms with Crippen molar-refractivity contribution in [2.75, 3.05) is 14.1 Å². The van der Waals surface area contributed by atoms with Gasteiger partial charge in [0, 0.05) is 25.5 Å². The van der Waals surface area contributed by atoms with Crippen molar-refractivity contribution in [2.24, 2.45) is 0 Å². The van der Waals surface area contributed by atoms with Gasteiger partial charge in [0.15, 0.2) is 0 Å². The van der Waals surface area contributed by atoms with Crippen molar-refractivity contribution in [2.45, 2.75) is 20.8 Å². The molecule has 21 heavy (non-hydrogen) atoms. The summed E-state index contributed by atoms with van der Waals surface area (Å²) in [6.07, 6.45) is 3.94. The molecule has 1 aromatic carbocycles. The molecule has 2 heteroatoms. The first-order chi connectivity index (χ1) is 9.92. The molecule has 1 N–H and O–H groups in total. The van der Waals surface area contributed by atoms with Crippen LogP contribution in [0.4, 0.5) is 0 Å². The third kappa shape index (κ3) is 4.12. The topological polar surface area (TPSA) is 15.3 Å². The minimum atomic E-state index is 1.02. The molecular weight excluding hydrogens is 256 g/mol. The Balaban J connectivity index is 3.05. The van der Waals surface area contributed by atoms with Crippen molar-refractivity contribution in [3.8, 4) is 0 Å². The van der Waals surface area contributed by atoms with Crippen LogP contribution < -0.4 is 5.32 Å². The third-order valence-electron chi connectivity index (χ3n) is 3.77. The van der Waals surface area contributed by atoms with E-state index in [4.69, 9.17) is 0 Å². The number of benzene rings is 1. The van der Waals surface area contributed by atoms with Crippen LogP contribution in [0.3, 0.4) is 0 Å². The van der Waals surface area contributed by atoms with Crippen molar-refractivity contribution in [1.29, 1.82) is 0 Å². The summed E-state index contributed by atoms with van der Waals surface area (Å²) in [5.41, 5.74) is 6.73. The maximum absolute atomic E-state index is 4.20. The van der Waals surface area contributed by atoms with Crippen LogP contribution in [0.1, 0.15) is 25.0 Å². The van der Waals surface area contributed by atoms with Crippen LogP contribution in [0.25, 0.3) is 5.57 Å². The number of rotatable bonds is 6. The van der Waals surface area contributed by atoms with Gasteiger partial charge in [-0.15, -0.1) is 0 Å². The highest BCUT2D eigenvalue weighted by Crippen LogP contribution is 2.21. The molecule has 0 saturated carbocycles. The summed E-state index contributed by atoms with van der Waals surface area (Å²) < 4.78 is 0. The number of allylic oxidation sites excluding steroid dienone is 5.